The third kappa shape index (κ3) is 5.28. The third-order valence-corrected chi connectivity index (χ3v) is 7.69. The highest BCUT2D eigenvalue weighted by atomic mass is 32.2. The van der Waals surface area contributed by atoms with E-state index in [1.807, 2.05) is 0 Å². The Morgan fingerprint density at radius 2 is 1.36 bits per heavy atom. The molecular weight excluding hydrogens is 498 g/mol. The summed E-state index contributed by atoms with van der Waals surface area (Å²) >= 11 is 0. The second-order valence-electron chi connectivity index (χ2n) is 7.97. The highest BCUT2D eigenvalue weighted by Gasteiger charge is 2.33. The highest BCUT2D eigenvalue weighted by molar-refractivity contribution is 7.89. The zero-order valence-corrected chi connectivity index (χ0v) is 19.8. The van der Waals surface area contributed by atoms with E-state index in [4.69, 9.17) is 9.47 Å². The van der Waals surface area contributed by atoms with Gasteiger partial charge in [0.2, 0.25) is 10.0 Å². The van der Waals surface area contributed by atoms with Gasteiger partial charge in [0.15, 0.2) is 5.69 Å². The van der Waals surface area contributed by atoms with E-state index >= 15 is 0 Å². The summed E-state index contributed by atoms with van der Waals surface area (Å²) < 4.78 is 37.2. The summed E-state index contributed by atoms with van der Waals surface area (Å²) in [5.74, 6) is -0.821. The number of morpholine rings is 2. The smallest absolute Gasteiger partial charge is 0.300 e. The van der Waals surface area contributed by atoms with Crippen molar-refractivity contribution < 1.29 is 32.5 Å². The van der Waals surface area contributed by atoms with Gasteiger partial charge in [0, 0.05) is 44.0 Å². The van der Waals surface area contributed by atoms with Crippen LogP contribution in [0.1, 0.15) is 10.4 Å². The zero-order chi connectivity index (χ0) is 25.9. The topological polar surface area (TPSA) is 174 Å². The van der Waals surface area contributed by atoms with Crippen LogP contribution in [0.3, 0.4) is 0 Å². The number of hydrogen-bond acceptors (Lipinski definition) is 10. The predicted octanol–water partition coefficient (Wildman–Crippen LogP) is 1.61. The van der Waals surface area contributed by atoms with Crippen molar-refractivity contribution in [2.75, 3.05) is 62.8 Å². The van der Waals surface area contributed by atoms with Gasteiger partial charge in [-0.25, -0.2) is 8.42 Å². The van der Waals surface area contributed by atoms with Crippen LogP contribution in [0.15, 0.2) is 41.3 Å². The van der Waals surface area contributed by atoms with Crippen LogP contribution >= 0.6 is 0 Å². The number of rotatable bonds is 7. The molecule has 192 valence electrons. The van der Waals surface area contributed by atoms with E-state index in [9.17, 15) is 33.4 Å². The highest BCUT2D eigenvalue weighted by Crippen LogP contribution is 2.39. The molecule has 2 fully saturated rings. The minimum atomic E-state index is -3.73. The van der Waals surface area contributed by atoms with Crippen LogP contribution in [0.4, 0.5) is 22.7 Å². The van der Waals surface area contributed by atoms with E-state index in [2.05, 4.69) is 5.32 Å². The molecule has 36 heavy (non-hydrogen) atoms. The van der Waals surface area contributed by atoms with Crippen molar-refractivity contribution in [3.05, 3.63) is 62.2 Å². The minimum absolute atomic E-state index is 0.0311. The number of benzene rings is 2. The molecule has 0 atom stereocenters. The first-order valence-electron chi connectivity index (χ1n) is 11.0. The maximum atomic E-state index is 12.9. The Kier molecular flexibility index (Phi) is 7.44. The van der Waals surface area contributed by atoms with E-state index in [-0.39, 0.29) is 61.2 Å². The summed E-state index contributed by atoms with van der Waals surface area (Å²) in [6.45, 7) is 2.05. The molecule has 1 amide bonds. The number of nitrogens with zero attached hydrogens (tertiary/aromatic N) is 4. The van der Waals surface area contributed by atoms with Gasteiger partial charge in [0.1, 0.15) is 0 Å². The molecule has 2 aliphatic heterocycles. The first-order valence-corrected chi connectivity index (χ1v) is 12.4. The Labute approximate surface area is 205 Å². The molecule has 0 unspecified atom stereocenters. The van der Waals surface area contributed by atoms with E-state index < -0.39 is 37.2 Å². The molecule has 2 aromatic rings. The number of ether oxygens (including phenoxy) is 2. The lowest BCUT2D eigenvalue weighted by Gasteiger charge is -2.28. The molecule has 0 saturated carbocycles. The van der Waals surface area contributed by atoms with E-state index in [0.29, 0.717) is 13.2 Å². The van der Waals surface area contributed by atoms with Crippen LogP contribution < -0.4 is 10.2 Å². The molecule has 2 aliphatic rings. The van der Waals surface area contributed by atoms with Gasteiger partial charge in [-0.1, -0.05) is 0 Å². The number of amides is 1. The Bertz CT molecular complexity index is 1240. The third-order valence-electron chi connectivity index (χ3n) is 5.77. The number of anilines is 2. The fraction of sp³-hybridized carbons (Fsp3) is 0.381. The molecule has 0 spiro atoms. The quantitative estimate of drug-likeness (QED) is 0.416. The number of nitro benzene ring substituents is 2. The van der Waals surface area contributed by atoms with Crippen molar-refractivity contribution >= 4 is 38.7 Å². The van der Waals surface area contributed by atoms with Gasteiger partial charge in [-0.2, -0.15) is 4.31 Å². The summed E-state index contributed by atoms with van der Waals surface area (Å²) in [7, 11) is -3.73. The molecule has 2 saturated heterocycles. The second-order valence-corrected chi connectivity index (χ2v) is 9.91. The molecule has 0 radical (unpaired) electrons. The lowest BCUT2D eigenvalue weighted by atomic mass is 10.1. The number of carbonyl (C=O) groups excluding carboxylic acids is 1. The molecule has 0 aromatic heterocycles. The lowest BCUT2D eigenvalue weighted by molar-refractivity contribution is -0.392. The fourth-order valence-electron chi connectivity index (χ4n) is 3.97. The van der Waals surface area contributed by atoms with Crippen molar-refractivity contribution in [3.63, 3.8) is 0 Å². The van der Waals surface area contributed by atoms with Gasteiger partial charge in [-0.15, -0.1) is 0 Å². The summed E-state index contributed by atoms with van der Waals surface area (Å²) in [5, 5.41) is 26.0. The Hall–Kier alpha value is -3.66. The van der Waals surface area contributed by atoms with Crippen molar-refractivity contribution in [3.8, 4) is 0 Å². The second kappa shape index (κ2) is 10.5. The molecule has 2 heterocycles. The molecule has 15 heteroatoms. The van der Waals surface area contributed by atoms with Gasteiger partial charge in [0.05, 0.1) is 46.7 Å². The molecular formula is C21H23N5O9S. The van der Waals surface area contributed by atoms with E-state index in [1.165, 1.54) is 33.5 Å². The number of hydrogen-bond donors (Lipinski definition) is 1. The Morgan fingerprint density at radius 3 is 1.86 bits per heavy atom. The maximum absolute atomic E-state index is 12.9. The predicted molar refractivity (Wildman–Crippen MR) is 127 cm³/mol. The number of sulfonamides is 1. The van der Waals surface area contributed by atoms with Gasteiger partial charge in [-0.05, 0) is 24.3 Å². The first-order chi connectivity index (χ1) is 17.2. The lowest BCUT2D eigenvalue weighted by Crippen LogP contribution is -2.40. The van der Waals surface area contributed by atoms with Crippen LogP contribution in [0.2, 0.25) is 0 Å². The van der Waals surface area contributed by atoms with Crippen LogP contribution in [0.25, 0.3) is 0 Å². The SMILES string of the molecule is O=C(Nc1ccc(S(=O)(=O)N2CCOCC2)cc1)c1cc([N+](=O)[O-])c(N2CCOCC2)c([N+](=O)[O-])c1. The monoisotopic (exact) mass is 521 g/mol. The van der Waals surface area contributed by atoms with Crippen LogP contribution in [-0.2, 0) is 19.5 Å². The number of nitro groups is 2. The average molecular weight is 522 g/mol. The van der Waals surface area contributed by atoms with Crippen LogP contribution in [-0.4, -0.2) is 81.1 Å². The van der Waals surface area contributed by atoms with Gasteiger partial charge in [-0.3, -0.25) is 25.0 Å². The van der Waals surface area contributed by atoms with Gasteiger partial charge >= 0.3 is 0 Å². The molecule has 0 aliphatic carbocycles. The fourth-order valence-corrected chi connectivity index (χ4v) is 5.38. The van der Waals surface area contributed by atoms with Gasteiger partial charge in [0.25, 0.3) is 17.3 Å². The largest absolute Gasteiger partial charge is 0.379 e. The zero-order valence-electron chi connectivity index (χ0n) is 19.0. The van der Waals surface area contributed by atoms with Crippen molar-refractivity contribution in [2.24, 2.45) is 0 Å². The van der Waals surface area contributed by atoms with E-state index in [0.717, 1.165) is 12.1 Å². The molecule has 0 bridgehead atoms. The number of carbonyl (C=O) groups is 1. The normalized spacial score (nSPS) is 16.9. The number of nitrogens with one attached hydrogen (secondary N) is 1. The molecule has 14 nitrogen and oxygen atoms in total. The Morgan fingerprint density at radius 1 is 0.861 bits per heavy atom. The van der Waals surface area contributed by atoms with Crippen molar-refractivity contribution in [1.29, 1.82) is 0 Å². The van der Waals surface area contributed by atoms with Crippen LogP contribution in [0, 0.1) is 20.2 Å². The maximum Gasteiger partial charge on any atom is 0.300 e. The minimum Gasteiger partial charge on any atom is -0.379 e. The Balaban J connectivity index is 1.59. The molecule has 2 aromatic carbocycles. The van der Waals surface area contributed by atoms with Crippen molar-refractivity contribution in [2.45, 2.75) is 4.90 Å². The van der Waals surface area contributed by atoms with Crippen molar-refractivity contribution in [1.82, 2.24) is 4.31 Å². The summed E-state index contributed by atoms with van der Waals surface area (Å²) in [6, 6.07) is 7.38. The summed E-state index contributed by atoms with van der Waals surface area (Å²) in [6.07, 6.45) is 0. The molecule has 4 rings (SSSR count). The summed E-state index contributed by atoms with van der Waals surface area (Å²) in [5.41, 5.74) is -1.38. The molecule has 1 N–H and O–H groups in total. The average Bonchev–Trinajstić information content (AvgIpc) is 2.89. The van der Waals surface area contributed by atoms with Crippen LogP contribution in [0.5, 0.6) is 0 Å². The summed E-state index contributed by atoms with van der Waals surface area (Å²) in [4.78, 5) is 36.4. The van der Waals surface area contributed by atoms with E-state index in [1.54, 1.807) is 0 Å². The first kappa shape index (κ1) is 25.4. The standard InChI is InChI=1S/C21H23N5O9S/c27-21(22-16-1-3-17(4-2-16)36(32,33)24-7-11-35-12-8-24)15-13-18(25(28)29)20(19(14-15)26(30)31)23-5-9-34-10-6-23/h1-4,13-14H,5-12H2,(H,22,27). The van der Waals surface area contributed by atoms with Gasteiger partial charge < -0.3 is 19.7 Å².